The summed E-state index contributed by atoms with van der Waals surface area (Å²) in [7, 11) is 0.243. The highest BCUT2D eigenvalue weighted by molar-refractivity contribution is 9.10. The third-order valence-corrected chi connectivity index (χ3v) is 9.41. The van der Waals surface area contributed by atoms with Crippen molar-refractivity contribution in [1.82, 2.24) is 5.43 Å². The predicted octanol–water partition coefficient (Wildman–Crippen LogP) is 6.71. The number of nitrogens with zero attached hydrogens (tertiary/aromatic N) is 2. The number of methoxy groups -OCH3 is 3. The lowest BCUT2D eigenvalue weighted by Crippen LogP contribution is -2.39. The second-order valence-corrected chi connectivity index (χ2v) is 12.8. The highest BCUT2D eigenvalue weighted by Crippen LogP contribution is 2.37. The summed E-state index contributed by atoms with van der Waals surface area (Å²) in [5.74, 6) is 0.866. The fourth-order valence-electron chi connectivity index (χ4n) is 4.10. The molecule has 0 atom stereocenters. The lowest BCUT2D eigenvalue weighted by molar-refractivity contribution is -0.119. The van der Waals surface area contributed by atoms with Gasteiger partial charge in [-0.3, -0.25) is 9.10 Å². The fourth-order valence-corrected chi connectivity index (χ4v) is 6.43. The summed E-state index contributed by atoms with van der Waals surface area (Å²) in [6.07, 6.45) is 1.39. The van der Waals surface area contributed by atoms with E-state index in [1.165, 1.54) is 51.8 Å². The molecule has 0 aliphatic heterocycles. The van der Waals surface area contributed by atoms with Crippen molar-refractivity contribution in [2.45, 2.75) is 11.5 Å². The topological polar surface area (TPSA) is 116 Å². The summed E-state index contributed by atoms with van der Waals surface area (Å²) >= 11 is 15.6. The maximum Gasteiger partial charge on any atom is 0.264 e. The number of halogens is 3. The van der Waals surface area contributed by atoms with Gasteiger partial charge in [0.1, 0.15) is 13.2 Å². The lowest BCUT2D eigenvalue weighted by atomic mass is 10.2. The molecule has 0 unspecified atom stereocenters. The number of hydrogen-bond acceptors (Lipinski definition) is 8. The minimum Gasteiger partial charge on any atom is -0.493 e. The first-order chi connectivity index (χ1) is 21.6. The average molecular weight is 737 g/mol. The minimum atomic E-state index is -4.15. The molecule has 1 amide bonds. The second kappa shape index (κ2) is 15.3. The van der Waals surface area contributed by atoms with E-state index in [-0.39, 0.29) is 17.2 Å². The maximum atomic E-state index is 13.6. The van der Waals surface area contributed by atoms with Gasteiger partial charge in [0.2, 0.25) is 0 Å². The first-order valence-electron chi connectivity index (χ1n) is 13.1. The lowest BCUT2D eigenvalue weighted by Gasteiger charge is -2.24. The molecule has 10 nitrogen and oxygen atoms in total. The van der Waals surface area contributed by atoms with E-state index in [0.29, 0.717) is 43.1 Å². The van der Waals surface area contributed by atoms with E-state index in [1.54, 1.807) is 54.6 Å². The SMILES string of the molecule is COc1ccc(N(CC(=O)NN=Cc2cc(Br)c(OCc3ccc(Cl)c(Cl)c3)c(OC)c2)S(=O)(=O)c2ccccc2)cc1OC. The summed E-state index contributed by atoms with van der Waals surface area (Å²) in [5.41, 5.74) is 3.96. The van der Waals surface area contributed by atoms with Crippen molar-refractivity contribution in [3.8, 4) is 23.0 Å². The number of carbonyl (C=O) groups excluding carboxylic acids is 1. The molecule has 0 spiro atoms. The van der Waals surface area contributed by atoms with Crippen LogP contribution in [0.4, 0.5) is 5.69 Å². The number of ether oxygens (including phenoxy) is 4. The van der Waals surface area contributed by atoms with Crippen molar-refractivity contribution < 1.29 is 32.2 Å². The van der Waals surface area contributed by atoms with Crippen LogP contribution in [0.1, 0.15) is 11.1 Å². The summed E-state index contributed by atoms with van der Waals surface area (Å²) < 4.78 is 50.9. The Labute approximate surface area is 279 Å². The Morgan fingerprint density at radius 2 is 1.60 bits per heavy atom. The molecule has 0 fully saturated rings. The molecule has 14 heteroatoms. The van der Waals surface area contributed by atoms with Crippen molar-refractivity contribution in [2.75, 3.05) is 32.2 Å². The van der Waals surface area contributed by atoms with Gasteiger partial charge in [-0.25, -0.2) is 13.8 Å². The third kappa shape index (κ3) is 8.40. The minimum absolute atomic E-state index is 0.00880. The van der Waals surface area contributed by atoms with Gasteiger partial charge < -0.3 is 18.9 Å². The molecule has 45 heavy (non-hydrogen) atoms. The molecule has 0 heterocycles. The molecule has 4 aromatic carbocycles. The number of rotatable bonds is 13. The second-order valence-electron chi connectivity index (χ2n) is 9.23. The Balaban J connectivity index is 1.51. The number of nitrogens with one attached hydrogen (secondary N) is 1. The van der Waals surface area contributed by atoms with Gasteiger partial charge in [0.15, 0.2) is 23.0 Å². The number of carbonyl (C=O) groups is 1. The van der Waals surface area contributed by atoms with Crippen LogP contribution < -0.4 is 28.7 Å². The van der Waals surface area contributed by atoms with E-state index in [0.717, 1.165) is 9.87 Å². The zero-order valence-electron chi connectivity index (χ0n) is 24.3. The van der Waals surface area contributed by atoms with Crippen molar-refractivity contribution in [1.29, 1.82) is 0 Å². The Morgan fingerprint density at radius 1 is 0.889 bits per heavy atom. The molecule has 0 bridgehead atoms. The average Bonchev–Trinajstić information content (AvgIpc) is 3.04. The summed E-state index contributed by atoms with van der Waals surface area (Å²) in [4.78, 5) is 13.0. The monoisotopic (exact) mass is 735 g/mol. The first kappa shape index (κ1) is 33.9. The van der Waals surface area contributed by atoms with Gasteiger partial charge in [0, 0.05) is 6.07 Å². The summed E-state index contributed by atoms with van der Waals surface area (Å²) in [6.45, 7) is -0.365. The van der Waals surface area contributed by atoms with Gasteiger partial charge in [-0.05, 0) is 75.6 Å². The zero-order chi connectivity index (χ0) is 32.6. The molecule has 0 radical (unpaired) electrons. The maximum absolute atomic E-state index is 13.6. The van der Waals surface area contributed by atoms with E-state index in [2.05, 4.69) is 26.5 Å². The number of hydrazone groups is 1. The molecular formula is C31H28BrCl2N3O7S. The molecule has 4 rings (SSSR count). The van der Waals surface area contributed by atoms with Crippen molar-refractivity contribution in [3.63, 3.8) is 0 Å². The number of hydrogen-bond donors (Lipinski definition) is 1. The highest BCUT2D eigenvalue weighted by Gasteiger charge is 2.28. The van der Waals surface area contributed by atoms with Gasteiger partial charge in [-0.2, -0.15) is 5.10 Å². The van der Waals surface area contributed by atoms with Crippen LogP contribution in [0.25, 0.3) is 0 Å². The Morgan fingerprint density at radius 3 is 2.27 bits per heavy atom. The fraction of sp³-hybridized carbons (Fsp3) is 0.161. The molecule has 0 aliphatic rings. The van der Waals surface area contributed by atoms with Gasteiger partial charge >= 0.3 is 0 Å². The largest absolute Gasteiger partial charge is 0.493 e. The number of benzene rings is 4. The summed E-state index contributed by atoms with van der Waals surface area (Å²) in [6, 6.07) is 20.9. The Bertz CT molecular complexity index is 1810. The molecule has 0 saturated carbocycles. The van der Waals surface area contributed by atoms with Crippen molar-refractivity contribution >= 4 is 67.0 Å². The van der Waals surface area contributed by atoms with Crippen molar-refractivity contribution in [2.24, 2.45) is 5.10 Å². The number of amides is 1. The smallest absolute Gasteiger partial charge is 0.264 e. The van der Waals surface area contributed by atoms with Crippen LogP contribution in [-0.4, -0.2) is 48.4 Å². The predicted molar refractivity (Wildman–Crippen MR) is 178 cm³/mol. The van der Waals surface area contributed by atoms with E-state index in [1.807, 2.05) is 0 Å². The Kier molecular flexibility index (Phi) is 11.6. The third-order valence-electron chi connectivity index (χ3n) is 6.30. The van der Waals surface area contributed by atoms with Crippen LogP contribution in [0.2, 0.25) is 10.0 Å². The van der Waals surface area contributed by atoms with Gasteiger partial charge in [-0.15, -0.1) is 0 Å². The molecule has 0 saturated heterocycles. The zero-order valence-corrected chi connectivity index (χ0v) is 28.2. The highest BCUT2D eigenvalue weighted by atomic mass is 79.9. The normalized spacial score (nSPS) is 11.2. The molecule has 1 N–H and O–H groups in total. The Hall–Kier alpha value is -3.97. The number of sulfonamides is 1. The van der Waals surface area contributed by atoms with E-state index < -0.39 is 22.5 Å². The summed E-state index contributed by atoms with van der Waals surface area (Å²) in [5, 5.41) is 4.89. The van der Waals surface area contributed by atoms with E-state index in [4.69, 9.17) is 42.1 Å². The van der Waals surface area contributed by atoms with Crippen LogP contribution in [0.5, 0.6) is 23.0 Å². The van der Waals surface area contributed by atoms with E-state index >= 15 is 0 Å². The molecule has 236 valence electrons. The van der Waals surface area contributed by atoms with Gasteiger partial charge in [-0.1, -0.05) is 47.5 Å². The first-order valence-corrected chi connectivity index (χ1v) is 16.1. The molecule has 0 aromatic heterocycles. The standard InChI is InChI=1S/C31H28BrCl2N3O7S/c1-41-27-12-10-22(16-28(27)42-2)37(45(39,40)23-7-5-4-6-8-23)18-30(38)36-35-17-21-13-24(32)31(29(15-21)43-3)44-19-20-9-11-25(33)26(34)14-20/h4-17H,18-19H2,1-3H3,(H,36,38). The number of anilines is 1. The van der Waals surface area contributed by atoms with Crippen LogP contribution in [0.15, 0.2) is 93.3 Å². The van der Waals surface area contributed by atoms with Gasteiger partial charge in [0.25, 0.3) is 15.9 Å². The van der Waals surface area contributed by atoms with Crippen LogP contribution >= 0.6 is 39.1 Å². The molecular weight excluding hydrogens is 709 g/mol. The van der Waals surface area contributed by atoms with Crippen LogP contribution in [0.3, 0.4) is 0 Å². The van der Waals surface area contributed by atoms with E-state index in [9.17, 15) is 13.2 Å². The molecule has 4 aromatic rings. The van der Waals surface area contributed by atoms with Crippen LogP contribution in [0, 0.1) is 0 Å². The molecule has 0 aliphatic carbocycles. The van der Waals surface area contributed by atoms with Crippen LogP contribution in [-0.2, 0) is 21.4 Å². The quantitative estimate of drug-likeness (QED) is 0.120. The van der Waals surface area contributed by atoms with Gasteiger partial charge in [0.05, 0.1) is 52.6 Å². The van der Waals surface area contributed by atoms with Crippen molar-refractivity contribution in [3.05, 3.63) is 105 Å².